The summed E-state index contributed by atoms with van der Waals surface area (Å²) >= 11 is 3.23. The minimum Gasteiger partial charge on any atom is -0.271 e. The molecular weight excluding hydrogens is 294 g/mol. The topological polar surface area (TPSA) is 55.2 Å². The summed E-state index contributed by atoms with van der Waals surface area (Å²) < 4.78 is 27.4. The van der Waals surface area contributed by atoms with Crippen LogP contribution in [0.25, 0.3) is 0 Å². The highest BCUT2D eigenvalue weighted by Crippen LogP contribution is 2.21. The van der Waals surface area contributed by atoms with Gasteiger partial charge in [0, 0.05) is 26.0 Å². The number of alkyl halides is 1. The largest absolute Gasteiger partial charge is 0.271 e. The van der Waals surface area contributed by atoms with E-state index in [4.69, 9.17) is 0 Å². The van der Waals surface area contributed by atoms with E-state index in [0.29, 0.717) is 28.2 Å². The van der Waals surface area contributed by atoms with E-state index in [1.807, 2.05) is 0 Å². The van der Waals surface area contributed by atoms with Crippen molar-refractivity contribution in [1.82, 2.24) is 14.1 Å². The van der Waals surface area contributed by atoms with Gasteiger partial charge in [0.05, 0.1) is 11.4 Å². The lowest BCUT2D eigenvalue weighted by atomic mass is 10.4. The SMILES string of the molecule is Cc1nn(C)c(C)c1S(=O)(=O)N(C)CCBr. The zero-order valence-corrected chi connectivity index (χ0v) is 12.3. The molecule has 1 aromatic rings. The monoisotopic (exact) mass is 309 g/mol. The van der Waals surface area contributed by atoms with Gasteiger partial charge >= 0.3 is 0 Å². The first-order valence-electron chi connectivity index (χ1n) is 4.85. The molecule has 1 aromatic heterocycles. The molecule has 0 unspecified atom stereocenters. The van der Waals surface area contributed by atoms with Crippen LogP contribution in [-0.2, 0) is 17.1 Å². The van der Waals surface area contributed by atoms with Gasteiger partial charge in [-0.3, -0.25) is 4.68 Å². The number of hydrogen-bond donors (Lipinski definition) is 0. The molecule has 0 fully saturated rings. The molecule has 92 valence electrons. The summed E-state index contributed by atoms with van der Waals surface area (Å²) in [5, 5.41) is 4.73. The van der Waals surface area contributed by atoms with Crippen molar-refractivity contribution in [3.05, 3.63) is 11.4 Å². The zero-order chi connectivity index (χ0) is 12.5. The van der Waals surface area contributed by atoms with Crippen molar-refractivity contribution in [3.8, 4) is 0 Å². The van der Waals surface area contributed by atoms with E-state index in [1.165, 1.54) is 4.31 Å². The third-order valence-electron chi connectivity index (χ3n) is 2.51. The minimum atomic E-state index is -3.42. The van der Waals surface area contributed by atoms with Crippen LogP contribution in [-0.4, -0.2) is 41.4 Å². The van der Waals surface area contributed by atoms with Crippen molar-refractivity contribution < 1.29 is 8.42 Å². The summed E-state index contributed by atoms with van der Waals surface area (Å²) in [7, 11) is -0.108. The average molecular weight is 310 g/mol. The highest BCUT2D eigenvalue weighted by Gasteiger charge is 2.27. The molecule has 0 saturated carbocycles. The fourth-order valence-electron chi connectivity index (χ4n) is 1.52. The Bertz CT molecular complexity index is 481. The van der Waals surface area contributed by atoms with Gasteiger partial charge in [-0.25, -0.2) is 8.42 Å². The molecule has 0 aliphatic carbocycles. The number of aryl methyl sites for hydroxylation is 2. The van der Waals surface area contributed by atoms with Crippen LogP contribution in [0.4, 0.5) is 0 Å². The van der Waals surface area contributed by atoms with E-state index < -0.39 is 10.0 Å². The summed E-state index contributed by atoms with van der Waals surface area (Å²) in [6, 6.07) is 0. The Morgan fingerprint density at radius 1 is 1.44 bits per heavy atom. The summed E-state index contributed by atoms with van der Waals surface area (Å²) in [4.78, 5) is 0.318. The zero-order valence-electron chi connectivity index (χ0n) is 9.86. The maximum atomic E-state index is 12.2. The first kappa shape index (κ1) is 13.7. The molecule has 0 amide bonds. The molecule has 0 spiro atoms. The third-order valence-corrected chi connectivity index (χ3v) is 4.97. The molecule has 0 aromatic carbocycles. The van der Waals surface area contributed by atoms with Crippen LogP contribution < -0.4 is 0 Å². The van der Waals surface area contributed by atoms with Crippen LogP contribution in [0.3, 0.4) is 0 Å². The molecule has 0 N–H and O–H groups in total. The van der Waals surface area contributed by atoms with Gasteiger partial charge in [0.1, 0.15) is 4.90 Å². The fourth-order valence-corrected chi connectivity index (χ4v) is 3.85. The first-order valence-corrected chi connectivity index (χ1v) is 7.41. The first-order chi connectivity index (χ1) is 7.32. The number of rotatable bonds is 4. The van der Waals surface area contributed by atoms with Gasteiger partial charge in [0.2, 0.25) is 10.0 Å². The summed E-state index contributed by atoms with van der Waals surface area (Å²) in [5.41, 5.74) is 1.21. The Hall–Kier alpha value is -0.400. The number of hydrogen-bond acceptors (Lipinski definition) is 3. The molecule has 0 aliphatic heterocycles. The third kappa shape index (κ3) is 2.31. The lowest BCUT2D eigenvalue weighted by Gasteiger charge is -2.15. The second-order valence-corrected chi connectivity index (χ2v) is 6.41. The maximum absolute atomic E-state index is 12.2. The van der Waals surface area contributed by atoms with E-state index in [1.54, 1.807) is 32.6 Å². The Balaban J connectivity index is 3.27. The second-order valence-electron chi connectivity index (χ2n) is 3.64. The van der Waals surface area contributed by atoms with E-state index in [-0.39, 0.29) is 0 Å². The minimum absolute atomic E-state index is 0.318. The second kappa shape index (κ2) is 4.85. The average Bonchev–Trinajstić information content (AvgIpc) is 2.41. The smallest absolute Gasteiger partial charge is 0.246 e. The Kier molecular flexibility index (Phi) is 4.14. The summed E-state index contributed by atoms with van der Waals surface area (Å²) in [5.74, 6) is 0. The van der Waals surface area contributed by atoms with Crippen LogP contribution >= 0.6 is 15.9 Å². The molecule has 7 heteroatoms. The van der Waals surface area contributed by atoms with Gasteiger partial charge in [0.25, 0.3) is 0 Å². The number of nitrogens with zero attached hydrogens (tertiary/aromatic N) is 3. The summed E-state index contributed by atoms with van der Waals surface area (Å²) in [6.45, 7) is 3.91. The van der Waals surface area contributed by atoms with Crippen molar-refractivity contribution in [2.24, 2.45) is 7.05 Å². The molecule has 0 aliphatic rings. The van der Waals surface area contributed by atoms with Gasteiger partial charge in [-0.05, 0) is 13.8 Å². The molecular formula is C9H16BrN3O2S. The molecule has 0 bridgehead atoms. The van der Waals surface area contributed by atoms with Crippen LogP contribution in [0.2, 0.25) is 0 Å². The van der Waals surface area contributed by atoms with E-state index in [9.17, 15) is 8.42 Å². The highest BCUT2D eigenvalue weighted by atomic mass is 79.9. The highest BCUT2D eigenvalue weighted by molar-refractivity contribution is 9.09. The van der Waals surface area contributed by atoms with E-state index in [2.05, 4.69) is 21.0 Å². The van der Waals surface area contributed by atoms with Gasteiger partial charge in [0.15, 0.2) is 0 Å². The fraction of sp³-hybridized carbons (Fsp3) is 0.667. The van der Waals surface area contributed by atoms with Crippen LogP contribution in [0.5, 0.6) is 0 Å². The van der Waals surface area contributed by atoms with Gasteiger partial charge in [-0.1, -0.05) is 15.9 Å². The van der Waals surface area contributed by atoms with Crippen molar-refractivity contribution in [1.29, 1.82) is 0 Å². The Labute approximate surface area is 105 Å². The molecule has 0 atom stereocenters. The van der Waals surface area contributed by atoms with Gasteiger partial charge < -0.3 is 0 Å². The van der Waals surface area contributed by atoms with Crippen molar-refractivity contribution in [3.63, 3.8) is 0 Å². The standard InChI is InChI=1S/C9H16BrN3O2S/c1-7-9(8(2)13(4)11-7)16(14,15)12(3)6-5-10/h5-6H2,1-4H3. The quantitative estimate of drug-likeness (QED) is 0.781. The number of aromatic nitrogens is 2. The maximum Gasteiger partial charge on any atom is 0.246 e. The van der Waals surface area contributed by atoms with E-state index >= 15 is 0 Å². The molecule has 5 nitrogen and oxygen atoms in total. The normalized spacial score (nSPS) is 12.4. The number of sulfonamides is 1. The molecule has 16 heavy (non-hydrogen) atoms. The molecule has 1 rings (SSSR count). The predicted molar refractivity (Wildman–Crippen MR) is 66.3 cm³/mol. The lowest BCUT2D eigenvalue weighted by Crippen LogP contribution is -2.29. The Morgan fingerprint density at radius 3 is 2.38 bits per heavy atom. The molecule has 1 heterocycles. The van der Waals surface area contributed by atoms with Crippen molar-refractivity contribution in [2.45, 2.75) is 18.7 Å². The predicted octanol–water partition coefficient (Wildman–Crippen LogP) is 1.05. The van der Waals surface area contributed by atoms with Crippen molar-refractivity contribution in [2.75, 3.05) is 18.9 Å². The molecule has 0 saturated heterocycles. The van der Waals surface area contributed by atoms with Crippen LogP contribution in [0, 0.1) is 13.8 Å². The van der Waals surface area contributed by atoms with E-state index in [0.717, 1.165) is 0 Å². The Morgan fingerprint density at radius 2 is 2.00 bits per heavy atom. The number of halogens is 1. The van der Waals surface area contributed by atoms with Crippen LogP contribution in [0.15, 0.2) is 4.90 Å². The lowest BCUT2D eigenvalue weighted by molar-refractivity contribution is 0.488. The molecule has 0 radical (unpaired) electrons. The van der Waals surface area contributed by atoms with Crippen LogP contribution in [0.1, 0.15) is 11.4 Å². The van der Waals surface area contributed by atoms with Gasteiger partial charge in [-0.15, -0.1) is 0 Å². The van der Waals surface area contributed by atoms with Gasteiger partial charge in [-0.2, -0.15) is 9.40 Å². The van der Waals surface area contributed by atoms with Crippen molar-refractivity contribution >= 4 is 26.0 Å². The summed E-state index contributed by atoms with van der Waals surface area (Å²) in [6.07, 6.45) is 0.